The Labute approximate surface area is 188 Å². The number of nitrogens with zero attached hydrogens (tertiary/aromatic N) is 2. The lowest BCUT2D eigenvalue weighted by molar-refractivity contribution is 0.0936. The zero-order chi connectivity index (χ0) is 22.0. The average molecular weight is 433 g/mol. The SMILES string of the molecule is CCNC(=NCc1cccc(OCc2ccccn2)c1)NCC1COc2ccccc2O1. The molecule has 1 aliphatic rings. The monoisotopic (exact) mass is 432 g/mol. The molecule has 0 spiro atoms. The fraction of sp³-hybridized carbons (Fsp3) is 0.280. The molecule has 166 valence electrons. The van der Waals surface area contributed by atoms with Crippen molar-refractivity contribution in [3.63, 3.8) is 0 Å². The van der Waals surface area contributed by atoms with E-state index in [9.17, 15) is 0 Å². The van der Waals surface area contributed by atoms with Gasteiger partial charge in [-0.2, -0.15) is 0 Å². The third-order valence-electron chi connectivity index (χ3n) is 4.84. The second kappa shape index (κ2) is 11.0. The molecule has 7 nitrogen and oxygen atoms in total. The van der Waals surface area contributed by atoms with Gasteiger partial charge in [0.25, 0.3) is 0 Å². The van der Waals surface area contributed by atoms with Crippen molar-refractivity contribution >= 4 is 5.96 Å². The van der Waals surface area contributed by atoms with Crippen molar-refractivity contribution in [1.29, 1.82) is 0 Å². The van der Waals surface area contributed by atoms with E-state index >= 15 is 0 Å². The first-order chi connectivity index (χ1) is 15.8. The molecule has 0 radical (unpaired) electrons. The molecule has 4 rings (SSSR count). The second-order valence-electron chi connectivity index (χ2n) is 7.33. The summed E-state index contributed by atoms with van der Waals surface area (Å²) in [6, 6.07) is 21.5. The number of ether oxygens (including phenoxy) is 3. The normalized spacial score (nSPS) is 15.2. The zero-order valence-electron chi connectivity index (χ0n) is 18.2. The maximum Gasteiger partial charge on any atom is 0.191 e. The Morgan fingerprint density at radius 2 is 1.94 bits per heavy atom. The van der Waals surface area contributed by atoms with Crippen molar-refractivity contribution in [3.8, 4) is 17.2 Å². The van der Waals surface area contributed by atoms with Crippen LogP contribution in [0.1, 0.15) is 18.2 Å². The summed E-state index contributed by atoms with van der Waals surface area (Å²) in [4.78, 5) is 8.99. The number of hydrogen-bond acceptors (Lipinski definition) is 5. The Hall–Kier alpha value is -3.74. The average Bonchev–Trinajstić information content (AvgIpc) is 2.85. The van der Waals surface area contributed by atoms with Crippen LogP contribution in [0, 0.1) is 0 Å². The van der Waals surface area contributed by atoms with Crippen LogP contribution in [0.15, 0.2) is 77.9 Å². The van der Waals surface area contributed by atoms with E-state index in [1.165, 1.54) is 0 Å². The molecule has 2 aromatic carbocycles. The van der Waals surface area contributed by atoms with Crippen molar-refractivity contribution in [1.82, 2.24) is 15.6 Å². The number of para-hydroxylation sites is 2. The smallest absolute Gasteiger partial charge is 0.191 e. The van der Waals surface area contributed by atoms with Gasteiger partial charge in [-0.25, -0.2) is 4.99 Å². The van der Waals surface area contributed by atoms with E-state index in [0.717, 1.165) is 41.0 Å². The van der Waals surface area contributed by atoms with Gasteiger partial charge in [-0.1, -0.05) is 30.3 Å². The minimum atomic E-state index is -0.0860. The summed E-state index contributed by atoms with van der Waals surface area (Å²) in [6.45, 7) is 4.86. The molecule has 1 atom stereocenters. The van der Waals surface area contributed by atoms with Crippen LogP contribution in [0.3, 0.4) is 0 Å². The van der Waals surface area contributed by atoms with E-state index < -0.39 is 0 Å². The summed E-state index contributed by atoms with van der Waals surface area (Å²) in [7, 11) is 0. The summed E-state index contributed by atoms with van der Waals surface area (Å²) in [5.41, 5.74) is 1.96. The lowest BCUT2D eigenvalue weighted by atomic mass is 10.2. The number of pyridine rings is 1. The van der Waals surface area contributed by atoms with E-state index in [-0.39, 0.29) is 6.10 Å². The molecule has 2 heterocycles. The minimum Gasteiger partial charge on any atom is -0.487 e. The first kappa shape index (κ1) is 21.5. The molecule has 0 bridgehead atoms. The zero-order valence-corrected chi connectivity index (χ0v) is 18.2. The molecule has 0 saturated carbocycles. The number of aromatic nitrogens is 1. The number of guanidine groups is 1. The summed E-state index contributed by atoms with van der Waals surface area (Å²) >= 11 is 0. The molecule has 0 amide bonds. The van der Waals surface area contributed by atoms with E-state index in [2.05, 4.69) is 15.6 Å². The van der Waals surface area contributed by atoms with Gasteiger partial charge in [0.05, 0.1) is 18.8 Å². The van der Waals surface area contributed by atoms with Crippen LogP contribution >= 0.6 is 0 Å². The van der Waals surface area contributed by atoms with Crippen molar-refractivity contribution in [3.05, 3.63) is 84.2 Å². The molecule has 0 saturated heterocycles. The summed E-state index contributed by atoms with van der Waals surface area (Å²) < 4.78 is 17.7. The highest BCUT2D eigenvalue weighted by Crippen LogP contribution is 2.30. The molecular weight excluding hydrogens is 404 g/mol. The van der Waals surface area contributed by atoms with Gasteiger partial charge < -0.3 is 24.8 Å². The van der Waals surface area contributed by atoms with Crippen LogP contribution in [-0.4, -0.2) is 36.7 Å². The van der Waals surface area contributed by atoms with Gasteiger partial charge in [0.15, 0.2) is 17.5 Å². The number of fused-ring (bicyclic) bond motifs is 1. The number of aliphatic imine (C=N–C) groups is 1. The molecule has 2 N–H and O–H groups in total. The van der Waals surface area contributed by atoms with Crippen molar-refractivity contribution in [2.24, 2.45) is 4.99 Å². The van der Waals surface area contributed by atoms with Crippen LogP contribution in [0.4, 0.5) is 0 Å². The molecule has 7 heteroatoms. The highest BCUT2D eigenvalue weighted by Gasteiger charge is 2.20. The third-order valence-corrected chi connectivity index (χ3v) is 4.84. The predicted molar refractivity (Wildman–Crippen MR) is 124 cm³/mol. The first-order valence-corrected chi connectivity index (χ1v) is 10.8. The highest BCUT2D eigenvalue weighted by atomic mass is 16.6. The highest BCUT2D eigenvalue weighted by molar-refractivity contribution is 5.79. The topological polar surface area (TPSA) is 77.0 Å². The van der Waals surface area contributed by atoms with Crippen molar-refractivity contribution in [2.75, 3.05) is 19.7 Å². The van der Waals surface area contributed by atoms with Gasteiger partial charge in [-0.05, 0) is 48.9 Å². The molecule has 1 aliphatic heterocycles. The molecule has 1 unspecified atom stereocenters. The Balaban J connectivity index is 1.31. The standard InChI is InChI=1S/C25H28N4O3/c1-2-26-25(29-16-22-18-31-23-11-3-4-12-24(23)32-22)28-15-19-8-7-10-21(14-19)30-17-20-9-5-6-13-27-20/h3-14,22H,2,15-18H2,1H3,(H2,26,28,29). The number of nitrogens with one attached hydrogen (secondary N) is 2. The lowest BCUT2D eigenvalue weighted by Crippen LogP contribution is -2.45. The summed E-state index contributed by atoms with van der Waals surface area (Å²) in [6.07, 6.45) is 1.68. The number of benzene rings is 2. The molecule has 32 heavy (non-hydrogen) atoms. The lowest BCUT2D eigenvalue weighted by Gasteiger charge is -2.27. The van der Waals surface area contributed by atoms with Crippen LogP contribution in [-0.2, 0) is 13.2 Å². The molecule has 1 aromatic heterocycles. The predicted octanol–water partition coefficient (Wildman–Crippen LogP) is 3.56. The number of rotatable bonds is 8. The van der Waals surface area contributed by atoms with E-state index in [1.54, 1.807) is 6.20 Å². The van der Waals surface area contributed by atoms with E-state index in [0.29, 0.717) is 26.3 Å². The maximum absolute atomic E-state index is 6.01. The first-order valence-electron chi connectivity index (χ1n) is 10.8. The maximum atomic E-state index is 6.01. The molecule has 3 aromatic rings. The third kappa shape index (κ3) is 6.14. The van der Waals surface area contributed by atoms with Crippen LogP contribution in [0.2, 0.25) is 0 Å². The van der Waals surface area contributed by atoms with Gasteiger partial charge in [0.2, 0.25) is 0 Å². The Kier molecular flexibility index (Phi) is 7.42. The van der Waals surface area contributed by atoms with Crippen LogP contribution < -0.4 is 24.8 Å². The number of hydrogen-bond donors (Lipinski definition) is 2. The second-order valence-corrected chi connectivity index (χ2v) is 7.33. The Morgan fingerprint density at radius 3 is 2.78 bits per heavy atom. The Bertz CT molecular complexity index is 1030. The van der Waals surface area contributed by atoms with E-state index in [1.807, 2.05) is 73.7 Å². The molecule has 0 aliphatic carbocycles. The quantitative estimate of drug-likeness (QED) is 0.419. The fourth-order valence-electron chi connectivity index (χ4n) is 3.26. The summed E-state index contributed by atoms with van der Waals surface area (Å²) in [5, 5.41) is 6.62. The molecule has 0 fully saturated rings. The van der Waals surface area contributed by atoms with Gasteiger partial charge in [-0.15, -0.1) is 0 Å². The van der Waals surface area contributed by atoms with Crippen LogP contribution in [0.25, 0.3) is 0 Å². The minimum absolute atomic E-state index is 0.0860. The van der Waals surface area contributed by atoms with Crippen molar-refractivity contribution < 1.29 is 14.2 Å². The largest absolute Gasteiger partial charge is 0.487 e. The van der Waals surface area contributed by atoms with Gasteiger partial charge in [0, 0.05) is 12.7 Å². The fourth-order valence-corrected chi connectivity index (χ4v) is 3.26. The van der Waals surface area contributed by atoms with Gasteiger partial charge >= 0.3 is 0 Å². The van der Waals surface area contributed by atoms with E-state index in [4.69, 9.17) is 19.2 Å². The summed E-state index contributed by atoms with van der Waals surface area (Å²) in [5.74, 6) is 3.09. The van der Waals surface area contributed by atoms with Gasteiger partial charge in [-0.3, -0.25) is 4.98 Å². The Morgan fingerprint density at radius 1 is 1.06 bits per heavy atom. The van der Waals surface area contributed by atoms with Crippen LogP contribution in [0.5, 0.6) is 17.2 Å². The van der Waals surface area contributed by atoms with Crippen molar-refractivity contribution in [2.45, 2.75) is 26.2 Å². The van der Waals surface area contributed by atoms with Gasteiger partial charge in [0.1, 0.15) is 25.1 Å². The molecular formula is C25H28N4O3.